The van der Waals surface area contributed by atoms with Gasteiger partial charge in [-0.1, -0.05) is 23.7 Å². The van der Waals surface area contributed by atoms with Crippen LogP contribution in [-0.2, 0) is 6.54 Å². The summed E-state index contributed by atoms with van der Waals surface area (Å²) in [4.78, 5) is 2.18. The van der Waals surface area contributed by atoms with Gasteiger partial charge < -0.3 is 10.2 Å². The summed E-state index contributed by atoms with van der Waals surface area (Å²) in [5.74, 6) is 0. The lowest BCUT2D eigenvalue weighted by Crippen LogP contribution is -2.39. The van der Waals surface area contributed by atoms with Crippen molar-refractivity contribution in [1.29, 1.82) is 0 Å². The van der Waals surface area contributed by atoms with Crippen molar-refractivity contribution in [2.24, 2.45) is 0 Å². The minimum Gasteiger partial charge on any atom is -0.395 e. The van der Waals surface area contributed by atoms with Crippen molar-refractivity contribution in [3.05, 3.63) is 34.9 Å². The Labute approximate surface area is 107 Å². The molecule has 2 N–H and O–H groups in total. The van der Waals surface area contributed by atoms with Gasteiger partial charge in [-0.2, -0.15) is 0 Å². The summed E-state index contributed by atoms with van der Waals surface area (Å²) < 4.78 is 0. The summed E-state index contributed by atoms with van der Waals surface area (Å²) in [7, 11) is 0. The molecule has 0 radical (unpaired) electrons. The van der Waals surface area contributed by atoms with Crippen molar-refractivity contribution >= 4 is 11.6 Å². The second kappa shape index (κ2) is 5.83. The van der Waals surface area contributed by atoms with Crippen LogP contribution in [0.1, 0.15) is 18.4 Å². The van der Waals surface area contributed by atoms with Crippen LogP contribution in [0, 0.1) is 0 Å². The topological polar surface area (TPSA) is 43.7 Å². The van der Waals surface area contributed by atoms with Gasteiger partial charge in [0.15, 0.2) is 0 Å². The summed E-state index contributed by atoms with van der Waals surface area (Å²) in [6.07, 6.45) is 1.91. The van der Waals surface area contributed by atoms with E-state index in [1.807, 2.05) is 24.3 Å². The van der Waals surface area contributed by atoms with Gasteiger partial charge in [0.2, 0.25) is 0 Å². The number of rotatable bonds is 4. The summed E-state index contributed by atoms with van der Waals surface area (Å²) in [6, 6.07) is 8.06. The number of aliphatic hydroxyl groups excluding tert-OH is 2. The van der Waals surface area contributed by atoms with Crippen LogP contribution >= 0.6 is 11.6 Å². The normalized spacial score (nSPS) is 25.4. The number of nitrogens with zero attached hydrogens (tertiary/aromatic N) is 1. The lowest BCUT2D eigenvalue weighted by atomic mass is 10.2. The van der Waals surface area contributed by atoms with E-state index in [1.165, 1.54) is 0 Å². The molecule has 1 aliphatic rings. The largest absolute Gasteiger partial charge is 0.395 e. The highest BCUT2D eigenvalue weighted by Crippen LogP contribution is 2.26. The maximum Gasteiger partial charge on any atom is 0.0587 e. The third-order valence-electron chi connectivity index (χ3n) is 3.47. The van der Waals surface area contributed by atoms with Crippen molar-refractivity contribution in [2.45, 2.75) is 31.5 Å². The number of halogens is 1. The van der Waals surface area contributed by atoms with Gasteiger partial charge in [0.1, 0.15) is 0 Å². The van der Waals surface area contributed by atoms with Crippen LogP contribution in [0.25, 0.3) is 0 Å². The second-order valence-electron chi connectivity index (χ2n) is 4.55. The van der Waals surface area contributed by atoms with Crippen LogP contribution in [0.3, 0.4) is 0 Å². The molecular formula is C13H18ClNO2. The van der Waals surface area contributed by atoms with E-state index in [4.69, 9.17) is 11.6 Å². The third-order valence-corrected chi connectivity index (χ3v) is 3.72. The summed E-state index contributed by atoms with van der Waals surface area (Å²) in [5.41, 5.74) is 1.16. The van der Waals surface area contributed by atoms with E-state index < -0.39 is 0 Å². The van der Waals surface area contributed by atoms with Crippen molar-refractivity contribution in [3.63, 3.8) is 0 Å². The van der Waals surface area contributed by atoms with Gasteiger partial charge in [-0.15, -0.1) is 0 Å². The van der Waals surface area contributed by atoms with Gasteiger partial charge >= 0.3 is 0 Å². The molecule has 0 amide bonds. The maximum absolute atomic E-state index is 9.33. The first-order valence-electron chi connectivity index (χ1n) is 5.96. The molecule has 1 aromatic rings. The van der Waals surface area contributed by atoms with E-state index in [2.05, 4.69) is 4.90 Å². The first-order chi connectivity index (χ1) is 8.24. The zero-order valence-corrected chi connectivity index (χ0v) is 10.5. The first kappa shape index (κ1) is 12.8. The van der Waals surface area contributed by atoms with Gasteiger partial charge in [0.25, 0.3) is 0 Å². The third kappa shape index (κ3) is 2.99. The molecular weight excluding hydrogens is 238 g/mol. The van der Waals surface area contributed by atoms with Crippen molar-refractivity contribution in [1.82, 2.24) is 4.90 Å². The molecule has 2 rings (SSSR count). The fourth-order valence-corrected chi connectivity index (χ4v) is 2.59. The van der Waals surface area contributed by atoms with Crippen LogP contribution in [0.15, 0.2) is 24.3 Å². The fraction of sp³-hybridized carbons (Fsp3) is 0.538. The highest BCUT2D eigenvalue weighted by molar-refractivity contribution is 6.30. The lowest BCUT2D eigenvalue weighted by molar-refractivity contribution is 0.0903. The summed E-state index contributed by atoms with van der Waals surface area (Å²) in [5, 5.41) is 19.4. The average Bonchev–Trinajstić information content (AvgIpc) is 2.74. The van der Waals surface area contributed by atoms with Gasteiger partial charge in [-0.3, -0.25) is 4.90 Å². The molecule has 0 spiro atoms. The minimum absolute atomic E-state index is 0.157. The Morgan fingerprint density at radius 1 is 1.06 bits per heavy atom. The van der Waals surface area contributed by atoms with Gasteiger partial charge in [0, 0.05) is 23.7 Å². The van der Waals surface area contributed by atoms with E-state index >= 15 is 0 Å². The molecule has 0 aliphatic carbocycles. The Morgan fingerprint density at radius 3 is 2.06 bits per heavy atom. The highest BCUT2D eigenvalue weighted by Gasteiger charge is 2.32. The van der Waals surface area contributed by atoms with Crippen molar-refractivity contribution in [3.8, 4) is 0 Å². The van der Waals surface area contributed by atoms with Crippen LogP contribution in [0.5, 0.6) is 0 Å². The molecule has 0 saturated carbocycles. The van der Waals surface area contributed by atoms with Crippen LogP contribution in [-0.4, -0.2) is 40.4 Å². The number of aliphatic hydroxyl groups is 2. The Morgan fingerprint density at radius 2 is 1.59 bits per heavy atom. The molecule has 3 nitrogen and oxygen atoms in total. The Hall–Kier alpha value is -0.610. The standard InChI is InChI=1S/C13H18ClNO2/c14-11-3-1-10(2-4-11)7-15-12(8-16)5-6-13(15)9-17/h1-4,12-13,16-17H,5-9H2/t12-,13-/m1/s1. The molecule has 0 bridgehead atoms. The molecule has 4 heteroatoms. The highest BCUT2D eigenvalue weighted by atomic mass is 35.5. The predicted molar refractivity (Wildman–Crippen MR) is 68.0 cm³/mol. The minimum atomic E-state index is 0.157. The molecule has 1 aliphatic heterocycles. The Balaban J connectivity index is 2.07. The average molecular weight is 256 g/mol. The molecule has 0 unspecified atom stereocenters. The molecule has 1 heterocycles. The van der Waals surface area contributed by atoms with Crippen molar-refractivity contribution < 1.29 is 10.2 Å². The SMILES string of the molecule is OC[C@H]1CC[C@H](CO)N1Cc1ccc(Cl)cc1. The van der Waals surface area contributed by atoms with Crippen LogP contribution in [0.4, 0.5) is 0 Å². The first-order valence-corrected chi connectivity index (χ1v) is 6.34. The zero-order chi connectivity index (χ0) is 12.3. The van der Waals surface area contributed by atoms with Crippen LogP contribution < -0.4 is 0 Å². The number of hydrogen-bond acceptors (Lipinski definition) is 3. The van der Waals surface area contributed by atoms with E-state index in [-0.39, 0.29) is 25.3 Å². The lowest BCUT2D eigenvalue weighted by Gasteiger charge is -2.28. The Bertz CT molecular complexity index is 343. The number of hydrogen-bond donors (Lipinski definition) is 2. The second-order valence-corrected chi connectivity index (χ2v) is 4.99. The molecule has 2 atom stereocenters. The molecule has 1 saturated heterocycles. The smallest absolute Gasteiger partial charge is 0.0587 e. The van der Waals surface area contributed by atoms with E-state index in [9.17, 15) is 10.2 Å². The monoisotopic (exact) mass is 255 g/mol. The number of benzene rings is 1. The summed E-state index contributed by atoms with van der Waals surface area (Å²) >= 11 is 5.85. The fourth-order valence-electron chi connectivity index (χ4n) is 2.47. The molecule has 1 aromatic carbocycles. The maximum atomic E-state index is 9.33. The molecule has 17 heavy (non-hydrogen) atoms. The van der Waals surface area contributed by atoms with E-state index in [1.54, 1.807) is 0 Å². The molecule has 1 fully saturated rings. The van der Waals surface area contributed by atoms with Crippen molar-refractivity contribution in [2.75, 3.05) is 13.2 Å². The predicted octanol–water partition coefficient (Wildman–Crippen LogP) is 1.66. The quantitative estimate of drug-likeness (QED) is 0.860. The van der Waals surface area contributed by atoms with Gasteiger partial charge in [0.05, 0.1) is 13.2 Å². The molecule has 0 aromatic heterocycles. The number of likely N-dealkylation sites (tertiary alicyclic amines) is 1. The van der Waals surface area contributed by atoms with E-state index in [0.29, 0.717) is 0 Å². The van der Waals surface area contributed by atoms with E-state index in [0.717, 1.165) is 30.0 Å². The van der Waals surface area contributed by atoms with Gasteiger partial charge in [-0.25, -0.2) is 0 Å². The summed E-state index contributed by atoms with van der Waals surface area (Å²) in [6.45, 7) is 1.07. The Kier molecular flexibility index (Phi) is 4.40. The van der Waals surface area contributed by atoms with Crippen LogP contribution in [0.2, 0.25) is 5.02 Å². The zero-order valence-electron chi connectivity index (χ0n) is 9.72. The molecule has 94 valence electrons. The van der Waals surface area contributed by atoms with Gasteiger partial charge in [-0.05, 0) is 30.5 Å².